The molecule has 0 bridgehead atoms. The average Bonchev–Trinajstić information content (AvgIpc) is 2.41. The minimum absolute atomic E-state index is 0.0694. The number of carboxylic acids is 1. The number of quaternary nitrogens is 1. The van der Waals surface area contributed by atoms with Gasteiger partial charge in [-0.1, -0.05) is 64.7 Å². The lowest BCUT2D eigenvalue weighted by Crippen LogP contribution is -2.45. The second kappa shape index (κ2) is 15.5. The van der Waals surface area contributed by atoms with Crippen LogP contribution in [0.15, 0.2) is 0 Å². The maximum atomic E-state index is 10.2. The van der Waals surface area contributed by atoms with Crippen LogP contribution in [-0.2, 0) is 19.4 Å². The van der Waals surface area contributed by atoms with E-state index in [9.17, 15) is 18.3 Å². The third kappa shape index (κ3) is 31.6. The molecule has 0 unspecified atom stereocenters. The van der Waals surface area contributed by atoms with E-state index in [2.05, 4.69) is 11.1 Å². The van der Waals surface area contributed by atoms with E-state index >= 15 is 0 Å². The molecule has 0 spiro atoms. The predicted molar refractivity (Wildman–Crippen MR) is 97.3 cm³/mol. The minimum atomic E-state index is -4.23. The third-order valence-electron chi connectivity index (χ3n) is 3.33. The largest absolute Gasteiger partial charge is 0.544 e. The van der Waals surface area contributed by atoms with Crippen LogP contribution in [0.25, 0.3) is 0 Å². The second-order valence-electron chi connectivity index (χ2n) is 7.25. The van der Waals surface area contributed by atoms with Crippen molar-refractivity contribution in [3.8, 4) is 0 Å². The zero-order valence-corrected chi connectivity index (χ0v) is 17.1. The van der Waals surface area contributed by atoms with Gasteiger partial charge in [-0.25, -0.2) is 4.18 Å². The summed E-state index contributed by atoms with van der Waals surface area (Å²) >= 11 is 0. The summed E-state index contributed by atoms with van der Waals surface area (Å²) in [6, 6.07) is 0. The fourth-order valence-electron chi connectivity index (χ4n) is 2.14. The molecule has 0 heterocycles. The molecule has 25 heavy (non-hydrogen) atoms. The Morgan fingerprint density at radius 2 is 1.32 bits per heavy atom. The molecule has 0 radical (unpaired) electrons. The van der Waals surface area contributed by atoms with Gasteiger partial charge in [0.15, 0.2) is 0 Å². The number of aliphatic carboxylic acids is 1. The summed E-state index contributed by atoms with van der Waals surface area (Å²) < 4.78 is 33.4. The van der Waals surface area contributed by atoms with E-state index in [0.717, 1.165) is 12.8 Å². The number of likely N-dealkylation sites (N-methyl/N-ethyl adjacent to an activating group) is 1. The van der Waals surface area contributed by atoms with Crippen molar-refractivity contribution in [2.24, 2.45) is 0 Å². The normalized spacial score (nSPS) is 11.7. The van der Waals surface area contributed by atoms with Crippen LogP contribution in [0.4, 0.5) is 0 Å². The van der Waals surface area contributed by atoms with Gasteiger partial charge in [0.1, 0.15) is 6.54 Å². The van der Waals surface area contributed by atoms with Crippen molar-refractivity contribution in [2.75, 3.05) is 34.3 Å². The minimum Gasteiger partial charge on any atom is -0.544 e. The van der Waals surface area contributed by atoms with Crippen LogP contribution >= 0.6 is 0 Å². The lowest BCUT2D eigenvalue weighted by molar-refractivity contribution is -0.864. The molecule has 0 aliphatic heterocycles. The van der Waals surface area contributed by atoms with Gasteiger partial charge >= 0.3 is 10.4 Å². The molecule has 8 heteroatoms. The van der Waals surface area contributed by atoms with Gasteiger partial charge in [-0.3, -0.25) is 4.55 Å². The van der Waals surface area contributed by atoms with Crippen molar-refractivity contribution in [3.05, 3.63) is 0 Å². The summed E-state index contributed by atoms with van der Waals surface area (Å²) in [5, 5.41) is 9.89. The summed E-state index contributed by atoms with van der Waals surface area (Å²) in [5.41, 5.74) is 0. The van der Waals surface area contributed by atoms with E-state index in [1.807, 2.05) is 0 Å². The van der Waals surface area contributed by atoms with Gasteiger partial charge in [0.25, 0.3) is 0 Å². The SMILES string of the molecule is CCCCCCCCCCCCOS(=O)(=O)O.C[N+](C)(C)CC(=O)[O-]. The highest BCUT2D eigenvalue weighted by Gasteiger charge is 2.05. The molecule has 7 nitrogen and oxygen atoms in total. The number of hydrogen-bond acceptors (Lipinski definition) is 5. The molecule has 0 aliphatic carbocycles. The first kappa shape index (κ1) is 26.5. The summed E-state index contributed by atoms with van der Waals surface area (Å²) in [4.78, 5) is 9.89. The van der Waals surface area contributed by atoms with Crippen LogP contribution < -0.4 is 5.11 Å². The molecule has 0 atom stereocenters. The first-order valence-electron chi connectivity index (χ1n) is 9.10. The molecule has 0 amide bonds. The Kier molecular flexibility index (Phi) is 16.5. The Morgan fingerprint density at radius 1 is 0.920 bits per heavy atom. The molecule has 0 aliphatic rings. The van der Waals surface area contributed by atoms with Gasteiger partial charge in [0.2, 0.25) is 0 Å². The summed E-state index contributed by atoms with van der Waals surface area (Å²) in [5.74, 6) is -1.00. The third-order valence-corrected chi connectivity index (χ3v) is 3.80. The fourth-order valence-corrected chi connectivity index (χ4v) is 2.47. The van der Waals surface area contributed by atoms with Crippen molar-refractivity contribution in [3.63, 3.8) is 0 Å². The predicted octanol–water partition coefficient (Wildman–Crippen LogP) is 2.17. The van der Waals surface area contributed by atoms with E-state index in [4.69, 9.17) is 4.55 Å². The van der Waals surface area contributed by atoms with Gasteiger partial charge in [0, 0.05) is 0 Å². The van der Waals surface area contributed by atoms with Crippen molar-refractivity contribution < 1.29 is 31.5 Å². The smallest absolute Gasteiger partial charge is 0.397 e. The van der Waals surface area contributed by atoms with Crippen molar-refractivity contribution in [1.82, 2.24) is 0 Å². The van der Waals surface area contributed by atoms with Crippen LogP contribution in [0.1, 0.15) is 71.1 Å². The molecule has 0 fully saturated rings. The molecule has 1 N–H and O–H groups in total. The molecule has 0 aromatic heterocycles. The first-order chi connectivity index (χ1) is 11.5. The molecule has 0 aromatic rings. The maximum absolute atomic E-state index is 10.2. The Balaban J connectivity index is 0. The van der Waals surface area contributed by atoms with Crippen LogP contribution in [-0.4, -0.2) is 57.7 Å². The van der Waals surface area contributed by atoms with Gasteiger partial charge in [-0.15, -0.1) is 0 Å². The number of carbonyl (C=O) groups is 1. The Labute approximate surface area is 153 Å². The zero-order valence-electron chi connectivity index (χ0n) is 16.3. The lowest BCUT2D eigenvalue weighted by atomic mass is 10.1. The van der Waals surface area contributed by atoms with Gasteiger partial charge < -0.3 is 14.4 Å². The molecule has 0 saturated heterocycles. The summed E-state index contributed by atoms with van der Waals surface area (Å²) in [6.45, 7) is 2.38. The first-order valence-corrected chi connectivity index (χ1v) is 10.5. The average molecular weight is 384 g/mol. The number of rotatable bonds is 14. The standard InChI is InChI=1S/C12H26O4S.C5H11NO2/c1-2-3-4-5-6-7-8-9-10-11-12-16-17(13,14)15;1-6(2,3)4-5(7)8/h2-12H2,1H3,(H,13,14,15);4H2,1-3H3. The number of carbonyl (C=O) groups excluding carboxylic acids is 1. The van der Waals surface area contributed by atoms with E-state index in [1.165, 1.54) is 44.9 Å². The Morgan fingerprint density at radius 3 is 1.60 bits per heavy atom. The van der Waals surface area contributed by atoms with Crippen molar-refractivity contribution in [2.45, 2.75) is 71.1 Å². The molecule has 152 valence electrons. The number of nitrogens with zero attached hydrogens (tertiary/aromatic N) is 1. The topological polar surface area (TPSA) is 104 Å². The zero-order chi connectivity index (χ0) is 19.8. The highest BCUT2D eigenvalue weighted by molar-refractivity contribution is 7.80. The summed E-state index contributed by atoms with van der Waals surface area (Å²) in [7, 11) is 1.17. The fraction of sp³-hybridized carbons (Fsp3) is 0.941. The Bertz CT molecular complexity index is 417. The molecule has 0 rings (SSSR count). The monoisotopic (exact) mass is 383 g/mol. The second-order valence-corrected chi connectivity index (χ2v) is 8.34. The molecule has 0 aromatic carbocycles. The molecular weight excluding hydrogens is 346 g/mol. The van der Waals surface area contributed by atoms with Crippen LogP contribution in [0.2, 0.25) is 0 Å². The van der Waals surface area contributed by atoms with Crippen molar-refractivity contribution >= 4 is 16.4 Å². The van der Waals surface area contributed by atoms with E-state index in [0.29, 0.717) is 10.9 Å². The molecule has 0 saturated carbocycles. The van der Waals surface area contributed by atoms with Gasteiger partial charge in [0.05, 0.1) is 33.7 Å². The Hall–Kier alpha value is -0.700. The molecular formula is C17H37NO6S. The van der Waals surface area contributed by atoms with E-state index in [-0.39, 0.29) is 13.2 Å². The highest BCUT2D eigenvalue weighted by Crippen LogP contribution is 2.10. The number of carboxylic acid groups (broad SMARTS) is 1. The summed E-state index contributed by atoms with van der Waals surface area (Å²) in [6.07, 6.45) is 11.9. The van der Waals surface area contributed by atoms with Crippen LogP contribution in [0.3, 0.4) is 0 Å². The number of unbranched alkanes of at least 4 members (excludes halogenated alkanes) is 9. The van der Waals surface area contributed by atoms with Gasteiger partial charge in [-0.2, -0.15) is 8.42 Å². The lowest BCUT2D eigenvalue weighted by Gasteiger charge is -2.23. The van der Waals surface area contributed by atoms with Crippen LogP contribution in [0, 0.1) is 0 Å². The highest BCUT2D eigenvalue weighted by atomic mass is 32.3. The maximum Gasteiger partial charge on any atom is 0.397 e. The van der Waals surface area contributed by atoms with Gasteiger partial charge in [-0.05, 0) is 6.42 Å². The quantitative estimate of drug-likeness (QED) is 0.280. The number of hydrogen-bond donors (Lipinski definition) is 1. The van der Waals surface area contributed by atoms with E-state index in [1.54, 1.807) is 21.1 Å². The van der Waals surface area contributed by atoms with Crippen molar-refractivity contribution in [1.29, 1.82) is 0 Å². The van der Waals surface area contributed by atoms with Crippen LogP contribution in [0.5, 0.6) is 0 Å². The van der Waals surface area contributed by atoms with E-state index < -0.39 is 16.4 Å².